The van der Waals surface area contributed by atoms with Gasteiger partial charge in [-0.05, 0) is 42.8 Å². The fourth-order valence-electron chi connectivity index (χ4n) is 5.32. The summed E-state index contributed by atoms with van der Waals surface area (Å²) < 4.78 is 57.3. The third-order valence-corrected chi connectivity index (χ3v) is 8.32. The molecule has 5 rings (SSSR count). The molecule has 12 nitrogen and oxygen atoms in total. The minimum absolute atomic E-state index is 0.0114. The zero-order valence-electron chi connectivity index (χ0n) is 23.7. The Labute approximate surface area is 250 Å². The zero-order valence-corrected chi connectivity index (χ0v) is 24.5. The van der Waals surface area contributed by atoms with Gasteiger partial charge >= 0.3 is 5.69 Å². The number of hydrogen-bond acceptors (Lipinski definition) is 10. The van der Waals surface area contributed by atoms with Gasteiger partial charge in [0.25, 0.3) is 0 Å². The lowest BCUT2D eigenvalue weighted by molar-refractivity contribution is -0.128. The van der Waals surface area contributed by atoms with Crippen LogP contribution in [0.25, 0.3) is 28.0 Å². The molecule has 0 spiro atoms. The van der Waals surface area contributed by atoms with Crippen molar-refractivity contribution in [2.24, 2.45) is 0 Å². The van der Waals surface area contributed by atoms with Crippen LogP contribution >= 0.6 is 0 Å². The highest BCUT2D eigenvalue weighted by atomic mass is 32.2. The Hall–Kier alpha value is -5.23. The van der Waals surface area contributed by atoms with Crippen LogP contribution in [-0.2, 0) is 14.6 Å². The molecule has 4 aromatic rings. The van der Waals surface area contributed by atoms with Gasteiger partial charge < -0.3 is 15.5 Å². The highest BCUT2D eigenvalue weighted by molar-refractivity contribution is 7.90. The number of benzene rings is 1. The van der Waals surface area contributed by atoms with Crippen molar-refractivity contribution in [2.45, 2.75) is 24.4 Å². The standard InChI is InChI=1S/C29H26F2N8O4S/c1-4-22(40)38-13-12-37(15-17(38)8-10-32)26-18-14-20(31)24(23-19(30)6-5-7-21(23)33)35-27(18)39(29(41)36-26)25-16(2)9-11-34-28(25)44(3,42)43/h4-7,9,11,14,17H,1,8,12-13,15,33H2,2-3H3. The molecule has 1 aromatic carbocycles. The minimum Gasteiger partial charge on any atom is -0.398 e. The van der Waals surface area contributed by atoms with Crippen LogP contribution < -0.4 is 16.3 Å². The molecule has 1 saturated heterocycles. The van der Waals surface area contributed by atoms with E-state index in [1.54, 1.807) is 11.8 Å². The van der Waals surface area contributed by atoms with Crippen molar-refractivity contribution < 1.29 is 22.0 Å². The predicted octanol–water partition coefficient (Wildman–Crippen LogP) is 2.53. The number of aromatic nitrogens is 4. The van der Waals surface area contributed by atoms with Gasteiger partial charge in [0.15, 0.2) is 26.3 Å². The van der Waals surface area contributed by atoms with Crippen molar-refractivity contribution in [1.82, 2.24) is 24.4 Å². The van der Waals surface area contributed by atoms with Crippen LogP contribution in [0, 0.1) is 29.9 Å². The highest BCUT2D eigenvalue weighted by Crippen LogP contribution is 2.35. The van der Waals surface area contributed by atoms with Gasteiger partial charge in [0.05, 0.1) is 35.2 Å². The Kier molecular flexibility index (Phi) is 7.87. The molecule has 0 aliphatic carbocycles. The molecule has 1 aliphatic heterocycles. The number of fused-ring (bicyclic) bond motifs is 1. The van der Waals surface area contributed by atoms with Crippen molar-refractivity contribution in [3.63, 3.8) is 0 Å². The summed E-state index contributed by atoms with van der Waals surface area (Å²) in [7, 11) is -4.00. The van der Waals surface area contributed by atoms with Crippen LogP contribution in [0.4, 0.5) is 20.3 Å². The van der Waals surface area contributed by atoms with Crippen LogP contribution in [0.2, 0.25) is 0 Å². The van der Waals surface area contributed by atoms with E-state index >= 15 is 4.39 Å². The molecule has 2 N–H and O–H groups in total. The number of pyridine rings is 2. The second-order valence-corrected chi connectivity index (χ2v) is 12.1. The summed E-state index contributed by atoms with van der Waals surface area (Å²) in [5.41, 5.74) is 3.99. The highest BCUT2D eigenvalue weighted by Gasteiger charge is 2.33. The molecule has 3 aromatic heterocycles. The number of nitrogens with two attached hydrogens (primary N) is 1. The first-order valence-corrected chi connectivity index (χ1v) is 15.1. The lowest BCUT2D eigenvalue weighted by atomic mass is 10.1. The number of amides is 1. The summed E-state index contributed by atoms with van der Waals surface area (Å²) >= 11 is 0. The molecule has 1 amide bonds. The van der Waals surface area contributed by atoms with E-state index in [-0.39, 0.29) is 65.8 Å². The van der Waals surface area contributed by atoms with Crippen molar-refractivity contribution >= 4 is 38.3 Å². The molecule has 0 radical (unpaired) electrons. The van der Waals surface area contributed by atoms with E-state index in [2.05, 4.69) is 21.5 Å². The predicted molar refractivity (Wildman–Crippen MR) is 159 cm³/mol. The lowest BCUT2D eigenvalue weighted by Crippen LogP contribution is -2.55. The van der Waals surface area contributed by atoms with Gasteiger partial charge in [-0.2, -0.15) is 10.2 Å². The van der Waals surface area contributed by atoms with Crippen molar-refractivity contribution in [3.8, 4) is 23.0 Å². The molecule has 226 valence electrons. The molecular formula is C29H26F2N8O4S. The van der Waals surface area contributed by atoms with E-state index < -0.39 is 43.9 Å². The summed E-state index contributed by atoms with van der Waals surface area (Å²) in [6, 6.07) is 7.73. The van der Waals surface area contributed by atoms with Crippen molar-refractivity contribution in [2.75, 3.05) is 36.5 Å². The number of piperazine rings is 1. The Morgan fingerprint density at radius 1 is 1.23 bits per heavy atom. The smallest absolute Gasteiger partial charge is 0.355 e. The van der Waals surface area contributed by atoms with Gasteiger partial charge in [0, 0.05) is 37.8 Å². The fraction of sp³-hybridized carbons (Fsp3) is 0.241. The summed E-state index contributed by atoms with van der Waals surface area (Å²) in [5, 5.41) is 8.95. The number of aryl methyl sites for hydroxylation is 1. The molecule has 15 heteroatoms. The Morgan fingerprint density at radius 3 is 2.64 bits per heavy atom. The van der Waals surface area contributed by atoms with E-state index in [0.717, 1.165) is 29.0 Å². The largest absolute Gasteiger partial charge is 0.398 e. The molecule has 1 aliphatic rings. The maximum absolute atomic E-state index is 15.9. The third-order valence-electron chi connectivity index (χ3n) is 7.32. The van der Waals surface area contributed by atoms with Crippen LogP contribution in [-0.4, -0.2) is 70.7 Å². The number of hydrogen-bond donors (Lipinski definition) is 1. The van der Waals surface area contributed by atoms with Crippen molar-refractivity contribution in [1.29, 1.82) is 5.26 Å². The second-order valence-electron chi connectivity index (χ2n) is 10.2. The molecule has 4 heterocycles. The number of nitriles is 1. The second kappa shape index (κ2) is 11.5. The van der Waals surface area contributed by atoms with Gasteiger partial charge in [-0.25, -0.2) is 36.5 Å². The molecule has 1 atom stereocenters. The average molecular weight is 621 g/mol. The number of sulfone groups is 1. The topological polar surface area (TPSA) is 168 Å². The zero-order chi connectivity index (χ0) is 31.9. The molecular weight excluding hydrogens is 594 g/mol. The van der Waals surface area contributed by atoms with E-state index in [9.17, 15) is 27.7 Å². The van der Waals surface area contributed by atoms with E-state index in [0.29, 0.717) is 5.56 Å². The van der Waals surface area contributed by atoms with Crippen LogP contribution in [0.5, 0.6) is 0 Å². The normalized spacial score (nSPS) is 15.3. The lowest BCUT2D eigenvalue weighted by Gasteiger charge is -2.41. The molecule has 1 unspecified atom stereocenters. The first-order valence-electron chi connectivity index (χ1n) is 13.3. The Morgan fingerprint density at radius 2 is 1.98 bits per heavy atom. The number of nitrogens with zero attached hydrogens (tertiary/aromatic N) is 7. The van der Waals surface area contributed by atoms with Crippen LogP contribution in [0.3, 0.4) is 0 Å². The summed E-state index contributed by atoms with van der Waals surface area (Å²) in [6.45, 7) is 5.41. The Balaban J connectivity index is 1.85. The number of carbonyl (C=O) groups is 1. The summed E-state index contributed by atoms with van der Waals surface area (Å²) in [4.78, 5) is 42.0. The number of nitrogen functional groups attached to an aromatic ring is 1. The molecule has 0 saturated carbocycles. The van der Waals surface area contributed by atoms with Crippen LogP contribution in [0.15, 0.2) is 59.0 Å². The van der Waals surface area contributed by atoms with Gasteiger partial charge in [-0.3, -0.25) is 4.79 Å². The molecule has 1 fully saturated rings. The number of carbonyl (C=O) groups excluding carboxylic acids is 1. The molecule has 44 heavy (non-hydrogen) atoms. The van der Waals surface area contributed by atoms with Gasteiger partial charge in [-0.15, -0.1) is 0 Å². The first kappa shape index (κ1) is 30.2. The van der Waals surface area contributed by atoms with E-state index in [4.69, 9.17) is 5.73 Å². The number of rotatable bonds is 6. The monoisotopic (exact) mass is 620 g/mol. The number of halogens is 2. The van der Waals surface area contributed by atoms with Crippen LogP contribution in [0.1, 0.15) is 12.0 Å². The summed E-state index contributed by atoms with van der Waals surface area (Å²) in [6.07, 6.45) is 3.29. The number of anilines is 2. The Bertz CT molecular complexity index is 2040. The average Bonchev–Trinajstić information content (AvgIpc) is 2.97. The third kappa shape index (κ3) is 5.24. The fourth-order valence-corrected chi connectivity index (χ4v) is 6.17. The first-order chi connectivity index (χ1) is 20.9. The summed E-state index contributed by atoms with van der Waals surface area (Å²) in [5.74, 6) is -2.24. The maximum Gasteiger partial charge on any atom is 0.355 e. The maximum atomic E-state index is 15.9. The SMILES string of the molecule is C=CC(=O)N1CCN(c2nc(=O)n(-c3c(C)ccnc3S(C)(=O)=O)c3nc(-c4c(N)cccc4F)c(F)cc23)CC1CC#N. The quantitative estimate of drug-likeness (QED) is 0.250. The minimum atomic E-state index is -4.00. The van der Waals surface area contributed by atoms with E-state index in [1.165, 1.54) is 29.3 Å². The van der Waals surface area contributed by atoms with Gasteiger partial charge in [0.1, 0.15) is 17.3 Å². The van der Waals surface area contributed by atoms with E-state index in [1.807, 2.05) is 6.07 Å². The van der Waals surface area contributed by atoms with Gasteiger partial charge in [-0.1, -0.05) is 12.6 Å². The van der Waals surface area contributed by atoms with Gasteiger partial charge in [0.2, 0.25) is 5.91 Å². The molecule has 0 bridgehead atoms. The van der Waals surface area contributed by atoms with Crippen molar-refractivity contribution in [3.05, 3.63) is 76.9 Å².